The van der Waals surface area contributed by atoms with Crippen molar-refractivity contribution in [2.45, 2.75) is 13.0 Å². The van der Waals surface area contributed by atoms with Crippen LogP contribution >= 0.6 is 12.2 Å². The van der Waals surface area contributed by atoms with E-state index in [9.17, 15) is 8.78 Å². The number of nitrogens with one attached hydrogen (secondary N) is 1. The molecule has 0 spiro atoms. The van der Waals surface area contributed by atoms with Gasteiger partial charge in [0.05, 0.1) is 11.0 Å². The van der Waals surface area contributed by atoms with Crippen LogP contribution in [0.15, 0.2) is 42.5 Å². The number of rotatable bonds is 3. The molecule has 0 aliphatic carbocycles. The quantitative estimate of drug-likeness (QED) is 0.716. The third-order valence-electron chi connectivity index (χ3n) is 3.25. The first-order valence-corrected chi connectivity index (χ1v) is 6.67. The van der Waals surface area contributed by atoms with Crippen LogP contribution in [0.2, 0.25) is 0 Å². The highest BCUT2D eigenvalue weighted by molar-refractivity contribution is 7.71. The van der Waals surface area contributed by atoms with Gasteiger partial charge in [-0.25, -0.2) is 8.78 Å². The van der Waals surface area contributed by atoms with E-state index in [-0.39, 0.29) is 11.6 Å². The summed E-state index contributed by atoms with van der Waals surface area (Å²) in [7, 11) is 0. The fraction of sp³-hybridized carbons (Fsp3) is 0.133. The minimum absolute atomic E-state index is 0.254. The number of aryl methyl sites for hydroxylation is 2. The maximum absolute atomic E-state index is 13.3. The van der Waals surface area contributed by atoms with Crippen LogP contribution in [0.4, 0.5) is 8.78 Å². The zero-order chi connectivity index (χ0) is 14.1. The Hall–Kier alpha value is -2.01. The third-order valence-corrected chi connectivity index (χ3v) is 3.57. The Morgan fingerprint density at radius 3 is 2.65 bits per heavy atom. The summed E-state index contributed by atoms with van der Waals surface area (Å²) in [4.78, 5) is 3.04. The highest BCUT2D eigenvalue weighted by Crippen LogP contribution is 2.16. The molecule has 0 fully saturated rings. The first-order chi connectivity index (χ1) is 9.63. The molecular formula is C15H12F2N2S. The summed E-state index contributed by atoms with van der Waals surface area (Å²) in [5, 5.41) is 0. The predicted octanol–water partition coefficient (Wildman–Crippen LogP) is 4.22. The van der Waals surface area contributed by atoms with Crippen LogP contribution in [-0.4, -0.2) is 9.55 Å². The summed E-state index contributed by atoms with van der Waals surface area (Å²) >= 11 is 5.25. The lowest BCUT2D eigenvalue weighted by Crippen LogP contribution is -2.01. The smallest absolute Gasteiger partial charge is 0.178 e. The number of benzene rings is 2. The van der Waals surface area contributed by atoms with E-state index in [1.807, 2.05) is 10.6 Å². The van der Waals surface area contributed by atoms with Gasteiger partial charge in [0.15, 0.2) is 4.77 Å². The molecule has 0 unspecified atom stereocenters. The van der Waals surface area contributed by atoms with Gasteiger partial charge in [0, 0.05) is 6.54 Å². The number of nitrogens with zero attached hydrogens (tertiary/aromatic N) is 1. The molecule has 1 N–H and O–H groups in total. The monoisotopic (exact) mass is 290 g/mol. The Balaban J connectivity index is 1.93. The van der Waals surface area contributed by atoms with Crippen LogP contribution in [0, 0.1) is 16.4 Å². The third kappa shape index (κ3) is 2.49. The van der Waals surface area contributed by atoms with Crippen LogP contribution < -0.4 is 0 Å². The van der Waals surface area contributed by atoms with Crippen molar-refractivity contribution in [3.63, 3.8) is 0 Å². The van der Waals surface area contributed by atoms with Crippen LogP contribution in [-0.2, 0) is 13.0 Å². The Morgan fingerprint density at radius 2 is 1.85 bits per heavy atom. The zero-order valence-electron chi connectivity index (χ0n) is 10.6. The van der Waals surface area contributed by atoms with E-state index in [1.54, 1.807) is 12.1 Å². The minimum Gasteiger partial charge on any atom is -0.331 e. The van der Waals surface area contributed by atoms with Crippen molar-refractivity contribution in [2.24, 2.45) is 0 Å². The van der Waals surface area contributed by atoms with Crippen LogP contribution in [0.1, 0.15) is 5.56 Å². The summed E-state index contributed by atoms with van der Waals surface area (Å²) in [5.41, 5.74) is 2.42. The Labute approximate surface area is 119 Å². The molecule has 0 bridgehead atoms. The Morgan fingerprint density at radius 1 is 1.05 bits per heavy atom. The molecule has 5 heteroatoms. The zero-order valence-corrected chi connectivity index (χ0v) is 11.4. The van der Waals surface area contributed by atoms with Crippen LogP contribution in [0.5, 0.6) is 0 Å². The first-order valence-electron chi connectivity index (χ1n) is 6.26. The van der Waals surface area contributed by atoms with E-state index in [2.05, 4.69) is 4.98 Å². The van der Waals surface area contributed by atoms with Crippen molar-refractivity contribution < 1.29 is 8.78 Å². The van der Waals surface area contributed by atoms with E-state index in [1.165, 1.54) is 24.3 Å². The normalized spacial score (nSPS) is 11.1. The van der Waals surface area contributed by atoms with Gasteiger partial charge >= 0.3 is 0 Å². The van der Waals surface area contributed by atoms with Crippen molar-refractivity contribution in [2.75, 3.05) is 0 Å². The lowest BCUT2D eigenvalue weighted by Gasteiger charge is -2.05. The molecule has 0 aliphatic rings. The molecule has 102 valence electrons. The standard InChI is InChI=1S/C15H12F2N2S/c16-11-3-1-2-10(8-11)6-7-19-14-9-12(17)4-5-13(14)18-15(19)20/h1-5,8-9H,6-7H2,(H,18,20). The minimum atomic E-state index is -0.300. The molecule has 20 heavy (non-hydrogen) atoms. The fourth-order valence-corrected chi connectivity index (χ4v) is 2.58. The van der Waals surface area contributed by atoms with E-state index >= 15 is 0 Å². The van der Waals surface area contributed by atoms with E-state index in [0.29, 0.717) is 17.7 Å². The van der Waals surface area contributed by atoms with Gasteiger partial charge < -0.3 is 9.55 Å². The van der Waals surface area contributed by atoms with Gasteiger partial charge in [-0.3, -0.25) is 0 Å². The molecule has 0 amide bonds. The highest BCUT2D eigenvalue weighted by Gasteiger charge is 2.06. The lowest BCUT2D eigenvalue weighted by atomic mass is 10.1. The van der Waals surface area contributed by atoms with Gasteiger partial charge in [0.25, 0.3) is 0 Å². The number of hydrogen-bond acceptors (Lipinski definition) is 1. The maximum Gasteiger partial charge on any atom is 0.178 e. The number of hydrogen-bond donors (Lipinski definition) is 1. The maximum atomic E-state index is 13.3. The molecule has 0 aliphatic heterocycles. The molecule has 2 nitrogen and oxygen atoms in total. The second-order valence-electron chi connectivity index (χ2n) is 4.62. The fourth-order valence-electron chi connectivity index (χ4n) is 2.28. The van der Waals surface area contributed by atoms with Crippen LogP contribution in [0.25, 0.3) is 11.0 Å². The van der Waals surface area contributed by atoms with Gasteiger partial charge in [-0.2, -0.15) is 0 Å². The number of halogens is 2. The average molecular weight is 290 g/mol. The van der Waals surface area contributed by atoms with Crippen molar-refractivity contribution in [3.05, 3.63) is 64.4 Å². The summed E-state index contributed by atoms with van der Waals surface area (Å²) in [5.74, 6) is -0.554. The molecule has 0 radical (unpaired) electrons. The lowest BCUT2D eigenvalue weighted by molar-refractivity contribution is 0.621. The van der Waals surface area contributed by atoms with E-state index in [4.69, 9.17) is 12.2 Å². The number of H-pyrrole nitrogens is 1. The average Bonchev–Trinajstić information content (AvgIpc) is 2.72. The number of fused-ring (bicyclic) bond motifs is 1. The molecule has 1 heterocycles. The predicted molar refractivity (Wildman–Crippen MR) is 77.2 cm³/mol. The van der Waals surface area contributed by atoms with Crippen molar-refractivity contribution in [1.82, 2.24) is 9.55 Å². The van der Waals surface area contributed by atoms with Crippen molar-refractivity contribution in [3.8, 4) is 0 Å². The van der Waals surface area contributed by atoms with Gasteiger partial charge in [-0.15, -0.1) is 0 Å². The summed E-state index contributed by atoms with van der Waals surface area (Å²) in [6.45, 7) is 0.575. The SMILES string of the molecule is Fc1cccc(CCn2c(=S)[nH]c3ccc(F)cc32)c1. The number of aromatic nitrogens is 2. The molecular weight excluding hydrogens is 278 g/mol. The first kappa shape index (κ1) is 13.0. The number of aromatic amines is 1. The number of imidazole rings is 1. The summed E-state index contributed by atoms with van der Waals surface area (Å²) in [6, 6.07) is 11.0. The second kappa shape index (κ2) is 5.17. The summed E-state index contributed by atoms with van der Waals surface area (Å²) in [6.07, 6.45) is 0.634. The van der Waals surface area contributed by atoms with Gasteiger partial charge in [0.1, 0.15) is 11.6 Å². The van der Waals surface area contributed by atoms with Crippen molar-refractivity contribution in [1.29, 1.82) is 0 Å². The highest BCUT2D eigenvalue weighted by atomic mass is 32.1. The van der Waals surface area contributed by atoms with Gasteiger partial charge in [-0.1, -0.05) is 12.1 Å². The molecule has 2 aromatic carbocycles. The largest absolute Gasteiger partial charge is 0.331 e. The molecule has 0 saturated carbocycles. The Kier molecular flexibility index (Phi) is 3.36. The van der Waals surface area contributed by atoms with Crippen LogP contribution in [0.3, 0.4) is 0 Å². The molecule has 3 rings (SSSR count). The molecule has 0 saturated heterocycles. The molecule has 1 aromatic heterocycles. The van der Waals surface area contributed by atoms with Gasteiger partial charge in [-0.05, 0) is 54.5 Å². The Bertz CT molecular complexity index is 820. The van der Waals surface area contributed by atoms with E-state index in [0.717, 1.165) is 16.6 Å². The molecule has 0 atom stereocenters. The van der Waals surface area contributed by atoms with Gasteiger partial charge in [0.2, 0.25) is 0 Å². The molecule has 3 aromatic rings. The summed E-state index contributed by atoms with van der Waals surface area (Å²) < 4.78 is 28.8. The van der Waals surface area contributed by atoms with E-state index < -0.39 is 0 Å². The van der Waals surface area contributed by atoms with Crippen molar-refractivity contribution >= 4 is 23.3 Å². The topological polar surface area (TPSA) is 20.7 Å². The second-order valence-corrected chi connectivity index (χ2v) is 5.01.